The Labute approximate surface area is 133 Å². The summed E-state index contributed by atoms with van der Waals surface area (Å²) in [4.78, 5) is 19.5. The van der Waals surface area contributed by atoms with Gasteiger partial charge in [-0.05, 0) is 50.1 Å². The lowest BCUT2D eigenvalue weighted by Crippen LogP contribution is -2.44. The Morgan fingerprint density at radius 2 is 2.09 bits per heavy atom. The SMILES string of the molecule is Cc1noc(-c2ccccc2C(=O)N[C@H]2CCC[C@@H]2NCl)n1. The highest BCUT2D eigenvalue weighted by atomic mass is 35.5. The molecule has 22 heavy (non-hydrogen) atoms. The molecule has 0 aliphatic heterocycles. The number of aromatic nitrogens is 2. The molecule has 0 bridgehead atoms. The van der Waals surface area contributed by atoms with Crippen molar-refractivity contribution in [3.8, 4) is 11.5 Å². The van der Waals surface area contributed by atoms with Crippen LogP contribution in [-0.2, 0) is 0 Å². The number of carbonyl (C=O) groups excluding carboxylic acids is 1. The summed E-state index contributed by atoms with van der Waals surface area (Å²) in [6.45, 7) is 1.74. The van der Waals surface area contributed by atoms with Gasteiger partial charge in [0.05, 0.1) is 11.1 Å². The van der Waals surface area contributed by atoms with Crippen LogP contribution in [0, 0.1) is 6.92 Å². The van der Waals surface area contributed by atoms with Crippen molar-refractivity contribution in [3.05, 3.63) is 35.7 Å². The Hall–Kier alpha value is -1.92. The fourth-order valence-corrected chi connectivity index (χ4v) is 3.04. The second-order valence-electron chi connectivity index (χ2n) is 5.42. The quantitative estimate of drug-likeness (QED) is 0.846. The molecule has 7 heteroatoms. The lowest BCUT2D eigenvalue weighted by atomic mass is 10.1. The smallest absolute Gasteiger partial charge is 0.258 e. The van der Waals surface area contributed by atoms with Crippen molar-refractivity contribution in [1.82, 2.24) is 20.3 Å². The van der Waals surface area contributed by atoms with E-state index in [9.17, 15) is 4.79 Å². The summed E-state index contributed by atoms with van der Waals surface area (Å²) in [6.07, 6.45) is 2.91. The maximum absolute atomic E-state index is 12.6. The van der Waals surface area contributed by atoms with Crippen LogP contribution in [0.3, 0.4) is 0 Å². The Kier molecular flexibility index (Phi) is 4.40. The molecule has 0 saturated heterocycles. The number of rotatable bonds is 4. The number of carbonyl (C=O) groups is 1. The fourth-order valence-electron chi connectivity index (χ4n) is 2.78. The Balaban J connectivity index is 1.84. The Morgan fingerprint density at radius 3 is 2.82 bits per heavy atom. The summed E-state index contributed by atoms with van der Waals surface area (Å²) in [6, 6.07) is 7.33. The van der Waals surface area contributed by atoms with Gasteiger partial charge in [0.25, 0.3) is 11.8 Å². The number of amides is 1. The third-order valence-electron chi connectivity index (χ3n) is 3.90. The van der Waals surface area contributed by atoms with Crippen LogP contribution in [-0.4, -0.2) is 28.1 Å². The van der Waals surface area contributed by atoms with Gasteiger partial charge in [-0.1, -0.05) is 17.3 Å². The monoisotopic (exact) mass is 320 g/mol. The highest BCUT2D eigenvalue weighted by molar-refractivity contribution is 6.13. The van der Waals surface area contributed by atoms with Gasteiger partial charge in [0.15, 0.2) is 5.82 Å². The van der Waals surface area contributed by atoms with E-state index < -0.39 is 0 Å². The first kappa shape index (κ1) is 15.0. The topological polar surface area (TPSA) is 80.0 Å². The number of aryl methyl sites for hydroxylation is 1. The van der Waals surface area contributed by atoms with Crippen molar-refractivity contribution < 1.29 is 9.32 Å². The molecule has 2 aromatic rings. The second-order valence-corrected chi connectivity index (χ2v) is 5.64. The van der Waals surface area contributed by atoms with Gasteiger partial charge in [0.2, 0.25) is 0 Å². The van der Waals surface area contributed by atoms with Crippen molar-refractivity contribution in [2.75, 3.05) is 0 Å². The molecule has 3 rings (SSSR count). The molecule has 1 aliphatic rings. The number of halogens is 1. The van der Waals surface area contributed by atoms with E-state index in [1.807, 2.05) is 12.1 Å². The normalized spacial score (nSPS) is 21.0. The van der Waals surface area contributed by atoms with Crippen molar-refractivity contribution in [3.63, 3.8) is 0 Å². The second kappa shape index (κ2) is 6.46. The minimum Gasteiger partial charge on any atom is -0.348 e. The van der Waals surface area contributed by atoms with Gasteiger partial charge in [0.1, 0.15) is 0 Å². The summed E-state index contributed by atoms with van der Waals surface area (Å²) < 4.78 is 5.18. The molecule has 1 fully saturated rings. The van der Waals surface area contributed by atoms with E-state index in [1.54, 1.807) is 19.1 Å². The molecule has 2 atom stereocenters. The number of hydrogen-bond donors (Lipinski definition) is 2. The van der Waals surface area contributed by atoms with Gasteiger partial charge in [-0.25, -0.2) is 4.84 Å². The van der Waals surface area contributed by atoms with Gasteiger partial charge >= 0.3 is 0 Å². The van der Waals surface area contributed by atoms with E-state index in [0.29, 0.717) is 22.8 Å². The van der Waals surface area contributed by atoms with E-state index in [-0.39, 0.29) is 18.0 Å². The van der Waals surface area contributed by atoms with Crippen molar-refractivity contribution in [1.29, 1.82) is 0 Å². The summed E-state index contributed by atoms with van der Waals surface area (Å²) in [5.74, 6) is 0.726. The van der Waals surface area contributed by atoms with Crippen molar-refractivity contribution in [2.24, 2.45) is 0 Å². The van der Waals surface area contributed by atoms with Crippen molar-refractivity contribution >= 4 is 17.7 Å². The molecule has 0 spiro atoms. The molecular formula is C15H17ClN4O2. The van der Waals surface area contributed by atoms with E-state index in [0.717, 1.165) is 19.3 Å². The maximum atomic E-state index is 12.6. The number of hydrogen-bond acceptors (Lipinski definition) is 5. The molecule has 1 aromatic heterocycles. The standard InChI is InChI=1S/C15H17ClN4O2/c1-9-17-15(22-20-9)11-6-3-2-5-10(11)14(21)18-12-7-4-8-13(12)19-16/h2-3,5-6,12-13,19H,4,7-8H2,1H3,(H,18,21)/t12-,13-/m0/s1. The molecule has 0 unspecified atom stereocenters. The van der Waals surface area contributed by atoms with Crippen molar-refractivity contribution in [2.45, 2.75) is 38.3 Å². The summed E-state index contributed by atoms with van der Waals surface area (Å²) >= 11 is 5.73. The predicted octanol–water partition coefficient (Wildman–Crippen LogP) is 2.44. The lowest BCUT2D eigenvalue weighted by molar-refractivity contribution is 0.0934. The van der Waals surface area contributed by atoms with E-state index in [1.165, 1.54) is 0 Å². The van der Waals surface area contributed by atoms with Crippen LogP contribution in [0.5, 0.6) is 0 Å². The molecule has 116 valence electrons. The van der Waals surface area contributed by atoms with Gasteiger partial charge in [-0.3, -0.25) is 4.79 Å². The lowest BCUT2D eigenvalue weighted by Gasteiger charge is -2.19. The van der Waals surface area contributed by atoms with Crippen LogP contribution in [0.1, 0.15) is 35.4 Å². The molecule has 6 nitrogen and oxygen atoms in total. The van der Waals surface area contributed by atoms with Gasteiger partial charge in [-0.15, -0.1) is 0 Å². The van der Waals surface area contributed by atoms with E-state index in [2.05, 4.69) is 20.3 Å². The largest absolute Gasteiger partial charge is 0.348 e. The van der Waals surface area contributed by atoms with Crippen LogP contribution in [0.2, 0.25) is 0 Å². The molecule has 2 N–H and O–H groups in total. The zero-order chi connectivity index (χ0) is 15.5. The Morgan fingerprint density at radius 1 is 1.32 bits per heavy atom. The zero-order valence-corrected chi connectivity index (χ0v) is 12.9. The van der Waals surface area contributed by atoms with Crippen LogP contribution >= 0.6 is 11.8 Å². The van der Waals surface area contributed by atoms with Crippen LogP contribution in [0.4, 0.5) is 0 Å². The van der Waals surface area contributed by atoms with Gasteiger partial charge in [-0.2, -0.15) is 4.98 Å². The summed E-state index contributed by atoms with van der Waals surface area (Å²) in [7, 11) is 0. The van der Waals surface area contributed by atoms with Gasteiger partial charge in [0, 0.05) is 12.1 Å². The number of nitrogens with zero attached hydrogens (tertiary/aromatic N) is 2. The Bertz CT molecular complexity index is 673. The van der Waals surface area contributed by atoms with Crippen LogP contribution in [0.15, 0.2) is 28.8 Å². The third-order valence-corrected chi connectivity index (χ3v) is 4.18. The first-order valence-electron chi connectivity index (χ1n) is 7.26. The number of nitrogens with one attached hydrogen (secondary N) is 2. The molecule has 1 aliphatic carbocycles. The molecule has 0 radical (unpaired) electrons. The first-order valence-corrected chi connectivity index (χ1v) is 7.63. The molecule has 1 aromatic carbocycles. The fraction of sp³-hybridized carbons (Fsp3) is 0.400. The molecule has 1 heterocycles. The highest BCUT2D eigenvalue weighted by Crippen LogP contribution is 2.24. The maximum Gasteiger partial charge on any atom is 0.258 e. The third kappa shape index (κ3) is 2.98. The minimum atomic E-state index is -0.157. The zero-order valence-electron chi connectivity index (χ0n) is 12.2. The average Bonchev–Trinajstić information content (AvgIpc) is 3.16. The van der Waals surface area contributed by atoms with E-state index in [4.69, 9.17) is 16.3 Å². The minimum absolute atomic E-state index is 0.0301. The molecule has 1 saturated carbocycles. The highest BCUT2D eigenvalue weighted by Gasteiger charge is 2.29. The van der Waals surface area contributed by atoms with Gasteiger partial charge < -0.3 is 9.84 Å². The average molecular weight is 321 g/mol. The summed E-state index contributed by atoms with van der Waals surface area (Å²) in [5, 5.41) is 6.81. The van der Waals surface area contributed by atoms with Crippen LogP contribution < -0.4 is 10.2 Å². The first-order chi connectivity index (χ1) is 10.7. The summed E-state index contributed by atoms with van der Waals surface area (Å²) in [5.41, 5.74) is 1.15. The predicted molar refractivity (Wildman–Crippen MR) is 82.4 cm³/mol. The molecular weight excluding hydrogens is 304 g/mol. The van der Waals surface area contributed by atoms with E-state index >= 15 is 0 Å². The number of benzene rings is 1. The molecule has 1 amide bonds. The van der Waals surface area contributed by atoms with Crippen LogP contribution in [0.25, 0.3) is 11.5 Å².